The Kier molecular flexibility index (Phi) is 3.53. The van der Waals surface area contributed by atoms with E-state index < -0.39 is 0 Å². The first kappa shape index (κ1) is 9.52. The molecule has 0 aromatic rings. The third-order valence-electron chi connectivity index (χ3n) is 2.20. The molecule has 0 bridgehead atoms. The summed E-state index contributed by atoms with van der Waals surface area (Å²) in [6, 6.07) is 0. The Morgan fingerprint density at radius 2 is 2.42 bits per heavy atom. The highest BCUT2D eigenvalue weighted by Gasteiger charge is 2.23. The van der Waals surface area contributed by atoms with Gasteiger partial charge in [-0.15, -0.1) is 0 Å². The van der Waals surface area contributed by atoms with Crippen LogP contribution in [0.15, 0.2) is 5.16 Å². The molecule has 0 saturated heterocycles. The van der Waals surface area contributed by atoms with E-state index in [1.54, 1.807) is 0 Å². The van der Waals surface area contributed by atoms with Crippen LogP contribution >= 0.6 is 11.6 Å². The Morgan fingerprint density at radius 3 is 3.00 bits per heavy atom. The largest absolute Gasteiger partial charge is 0.410 e. The minimum atomic E-state index is -0.0119. The van der Waals surface area contributed by atoms with Gasteiger partial charge in [0.2, 0.25) is 0 Å². The first-order chi connectivity index (χ1) is 5.74. The molecule has 0 heterocycles. The van der Waals surface area contributed by atoms with E-state index in [9.17, 15) is 4.79 Å². The second kappa shape index (κ2) is 4.45. The first-order valence-corrected chi connectivity index (χ1v) is 4.51. The van der Waals surface area contributed by atoms with Gasteiger partial charge in [0.15, 0.2) is 0 Å². The van der Waals surface area contributed by atoms with Gasteiger partial charge in [-0.1, -0.05) is 23.2 Å². The molecule has 1 unspecified atom stereocenters. The van der Waals surface area contributed by atoms with Crippen LogP contribution in [0.3, 0.4) is 0 Å². The standard InChI is InChI=1S/C8H12ClNO2/c9-8(10-12)5-6-3-1-2-4-7(6)11/h6,12H,1-5H2/b10-8-. The minimum absolute atomic E-state index is 0.0119. The average molecular weight is 190 g/mol. The SMILES string of the molecule is O=C1CCCCC1C/C(Cl)=N/O. The van der Waals surface area contributed by atoms with E-state index in [1.165, 1.54) is 0 Å². The summed E-state index contributed by atoms with van der Waals surface area (Å²) >= 11 is 5.51. The average Bonchev–Trinajstić information content (AvgIpc) is 2.09. The van der Waals surface area contributed by atoms with Crippen molar-refractivity contribution in [3.63, 3.8) is 0 Å². The molecule has 3 nitrogen and oxygen atoms in total. The molecule has 0 amide bonds. The fraction of sp³-hybridized carbons (Fsp3) is 0.750. The molecular weight excluding hydrogens is 178 g/mol. The maximum absolute atomic E-state index is 11.3. The number of rotatable bonds is 2. The molecule has 0 aromatic carbocycles. The van der Waals surface area contributed by atoms with Gasteiger partial charge in [0, 0.05) is 18.8 Å². The van der Waals surface area contributed by atoms with Crippen molar-refractivity contribution in [3.05, 3.63) is 0 Å². The summed E-state index contributed by atoms with van der Waals surface area (Å²) < 4.78 is 0. The summed E-state index contributed by atoms with van der Waals surface area (Å²) in [4.78, 5) is 11.3. The van der Waals surface area contributed by atoms with Crippen LogP contribution in [0.1, 0.15) is 32.1 Å². The number of nitrogens with zero attached hydrogens (tertiary/aromatic N) is 1. The van der Waals surface area contributed by atoms with Gasteiger partial charge in [0.25, 0.3) is 0 Å². The number of ketones is 1. The normalized spacial score (nSPS) is 25.9. The summed E-state index contributed by atoms with van der Waals surface area (Å²) in [6.45, 7) is 0. The molecule has 12 heavy (non-hydrogen) atoms. The van der Waals surface area contributed by atoms with Crippen molar-refractivity contribution in [2.45, 2.75) is 32.1 Å². The first-order valence-electron chi connectivity index (χ1n) is 4.13. The Labute approximate surface area is 76.4 Å². The number of hydrogen-bond donors (Lipinski definition) is 1. The molecule has 1 saturated carbocycles. The molecule has 0 aromatic heterocycles. The molecule has 1 aliphatic rings. The quantitative estimate of drug-likeness (QED) is 0.411. The van der Waals surface area contributed by atoms with Crippen molar-refractivity contribution in [3.8, 4) is 0 Å². The summed E-state index contributed by atoms with van der Waals surface area (Å²) in [5.41, 5.74) is 0. The van der Waals surface area contributed by atoms with Crippen LogP contribution in [-0.2, 0) is 4.79 Å². The minimum Gasteiger partial charge on any atom is -0.410 e. The van der Waals surface area contributed by atoms with Gasteiger partial charge in [-0.3, -0.25) is 4.79 Å². The van der Waals surface area contributed by atoms with E-state index in [0.29, 0.717) is 12.8 Å². The molecule has 0 radical (unpaired) electrons. The fourth-order valence-electron chi connectivity index (χ4n) is 1.52. The lowest BCUT2D eigenvalue weighted by molar-refractivity contribution is -0.124. The lowest BCUT2D eigenvalue weighted by Gasteiger charge is -2.18. The lowest BCUT2D eigenvalue weighted by atomic mass is 9.86. The van der Waals surface area contributed by atoms with Gasteiger partial charge in [-0.05, 0) is 12.8 Å². The Morgan fingerprint density at radius 1 is 1.67 bits per heavy atom. The number of oxime groups is 1. The highest BCUT2D eigenvalue weighted by molar-refractivity contribution is 6.65. The van der Waals surface area contributed by atoms with E-state index in [4.69, 9.17) is 16.8 Å². The summed E-state index contributed by atoms with van der Waals surface area (Å²) in [5, 5.41) is 11.3. The number of carbonyl (C=O) groups excluding carboxylic acids is 1. The Bertz CT molecular complexity index is 203. The van der Waals surface area contributed by atoms with E-state index in [-0.39, 0.29) is 16.9 Å². The van der Waals surface area contributed by atoms with Crippen molar-refractivity contribution >= 4 is 22.6 Å². The molecule has 0 aliphatic heterocycles. The molecule has 1 fully saturated rings. The van der Waals surface area contributed by atoms with Crippen molar-refractivity contribution < 1.29 is 10.0 Å². The topological polar surface area (TPSA) is 49.7 Å². The number of Topliss-reactive ketones (excluding diaryl/α,β-unsaturated/α-hetero) is 1. The van der Waals surface area contributed by atoms with E-state index in [2.05, 4.69) is 5.16 Å². The van der Waals surface area contributed by atoms with Gasteiger partial charge in [-0.25, -0.2) is 0 Å². The molecule has 1 rings (SSSR count). The molecule has 0 spiro atoms. The van der Waals surface area contributed by atoms with Crippen LogP contribution in [0.25, 0.3) is 0 Å². The zero-order valence-corrected chi connectivity index (χ0v) is 7.55. The smallest absolute Gasteiger partial charge is 0.146 e. The van der Waals surface area contributed by atoms with Gasteiger partial charge < -0.3 is 5.21 Å². The second-order valence-corrected chi connectivity index (χ2v) is 3.53. The molecule has 4 heteroatoms. The van der Waals surface area contributed by atoms with Crippen molar-refractivity contribution in [2.24, 2.45) is 11.1 Å². The van der Waals surface area contributed by atoms with Crippen molar-refractivity contribution in [1.29, 1.82) is 0 Å². The second-order valence-electron chi connectivity index (χ2n) is 3.09. The number of halogens is 1. The highest BCUT2D eigenvalue weighted by Crippen LogP contribution is 2.24. The zero-order chi connectivity index (χ0) is 8.97. The van der Waals surface area contributed by atoms with Gasteiger partial charge in [-0.2, -0.15) is 0 Å². The van der Waals surface area contributed by atoms with Crippen LogP contribution in [0, 0.1) is 5.92 Å². The lowest BCUT2D eigenvalue weighted by Crippen LogP contribution is -2.20. The molecular formula is C8H12ClNO2. The zero-order valence-electron chi connectivity index (χ0n) is 6.79. The summed E-state index contributed by atoms with van der Waals surface area (Å²) in [6.07, 6.45) is 4.00. The van der Waals surface area contributed by atoms with Crippen molar-refractivity contribution in [1.82, 2.24) is 0 Å². The predicted molar refractivity (Wildman–Crippen MR) is 46.7 cm³/mol. The van der Waals surface area contributed by atoms with Gasteiger partial charge in [0.05, 0.1) is 0 Å². The summed E-state index contributed by atoms with van der Waals surface area (Å²) in [7, 11) is 0. The third-order valence-corrected chi connectivity index (χ3v) is 2.43. The van der Waals surface area contributed by atoms with Crippen LogP contribution in [0.4, 0.5) is 0 Å². The summed E-state index contributed by atoms with van der Waals surface area (Å²) in [5.74, 6) is 0.241. The molecule has 1 N–H and O–H groups in total. The molecule has 1 aliphatic carbocycles. The predicted octanol–water partition coefficient (Wildman–Crippen LogP) is 2.16. The Balaban J connectivity index is 2.44. The third kappa shape index (κ3) is 2.48. The highest BCUT2D eigenvalue weighted by atomic mass is 35.5. The molecule has 1 atom stereocenters. The Hall–Kier alpha value is -0.570. The van der Waals surface area contributed by atoms with Crippen LogP contribution < -0.4 is 0 Å². The fourth-order valence-corrected chi connectivity index (χ4v) is 1.70. The van der Waals surface area contributed by atoms with Crippen LogP contribution in [-0.4, -0.2) is 16.2 Å². The monoisotopic (exact) mass is 189 g/mol. The number of hydrogen-bond acceptors (Lipinski definition) is 3. The van der Waals surface area contributed by atoms with Crippen LogP contribution in [0.2, 0.25) is 0 Å². The van der Waals surface area contributed by atoms with E-state index in [1.807, 2.05) is 0 Å². The molecule has 68 valence electrons. The maximum Gasteiger partial charge on any atom is 0.146 e. The van der Waals surface area contributed by atoms with Crippen molar-refractivity contribution in [2.75, 3.05) is 0 Å². The van der Waals surface area contributed by atoms with Gasteiger partial charge >= 0.3 is 0 Å². The van der Waals surface area contributed by atoms with E-state index >= 15 is 0 Å². The van der Waals surface area contributed by atoms with Crippen LogP contribution in [0.5, 0.6) is 0 Å². The van der Waals surface area contributed by atoms with Gasteiger partial charge in [0.1, 0.15) is 11.0 Å². The number of carbonyl (C=O) groups is 1. The maximum atomic E-state index is 11.3. The van der Waals surface area contributed by atoms with E-state index in [0.717, 1.165) is 19.3 Å².